The minimum absolute atomic E-state index is 0.0146. The molecule has 0 bridgehead atoms. The number of benzene rings is 1. The zero-order chi connectivity index (χ0) is 14.6. The Hall–Kier alpha value is -1.95. The van der Waals surface area contributed by atoms with E-state index in [1.54, 1.807) is 24.3 Å². The highest BCUT2D eigenvalue weighted by molar-refractivity contribution is 7.90. The summed E-state index contributed by atoms with van der Waals surface area (Å²) in [4.78, 5) is 15.1. The monoisotopic (exact) mass is 293 g/mol. The van der Waals surface area contributed by atoms with Crippen molar-refractivity contribution >= 4 is 21.8 Å². The summed E-state index contributed by atoms with van der Waals surface area (Å²) in [6, 6.07) is 8.82. The number of Topliss-reactive ketones (excluding diaryl/α,β-unsaturated/α-hetero) is 1. The number of aliphatic hydroxyl groups excluding tert-OH is 1. The van der Waals surface area contributed by atoms with Crippen molar-refractivity contribution in [3.05, 3.63) is 47.2 Å². The smallest absolute Gasteiger partial charge is 0.174 e. The van der Waals surface area contributed by atoms with E-state index in [-0.39, 0.29) is 29.3 Å². The van der Waals surface area contributed by atoms with Crippen LogP contribution in [0.2, 0.25) is 0 Å². The lowest BCUT2D eigenvalue weighted by molar-refractivity contribution is -0.114. The van der Waals surface area contributed by atoms with Gasteiger partial charge in [0.1, 0.15) is 11.6 Å². The number of aliphatic hydroxyl groups is 1. The van der Waals surface area contributed by atoms with Gasteiger partial charge in [-0.15, -0.1) is 0 Å². The highest BCUT2D eigenvalue weighted by Crippen LogP contribution is 2.18. The summed E-state index contributed by atoms with van der Waals surface area (Å²) in [5.74, 6) is -0.707. The minimum Gasteiger partial charge on any atom is -0.511 e. The van der Waals surface area contributed by atoms with Gasteiger partial charge in [-0.3, -0.25) is 9.79 Å². The maximum atomic E-state index is 11.9. The molecule has 0 aromatic heterocycles. The largest absolute Gasteiger partial charge is 0.511 e. The average Bonchev–Trinajstić information content (AvgIpc) is 2.71. The maximum absolute atomic E-state index is 11.9. The number of ketones is 1. The zero-order valence-electron chi connectivity index (χ0n) is 10.8. The van der Waals surface area contributed by atoms with Crippen LogP contribution >= 0.6 is 0 Å². The minimum atomic E-state index is -3.37. The second-order valence-electron chi connectivity index (χ2n) is 4.60. The van der Waals surface area contributed by atoms with E-state index in [4.69, 9.17) is 0 Å². The van der Waals surface area contributed by atoms with Crippen LogP contribution in [0, 0.1) is 0 Å². The van der Waals surface area contributed by atoms with Crippen LogP contribution in [0.5, 0.6) is 0 Å². The standard InChI is InChI=1S/C14H15NO4S/c16-13-6-7-14(17)12(13)8-15-10-20(18,19)9-11-4-2-1-3-5-11/h1-5,8,16H,6-7,9-10H2/b15-8+. The van der Waals surface area contributed by atoms with Crippen molar-refractivity contribution in [2.24, 2.45) is 4.99 Å². The van der Waals surface area contributed by atoms with Gasteiger partial charge in [-0.1, -0.05) is 30.3 Å². The van der Waals surface area contributed by atoms with Gasteiger partial charge in [0.25, 0.3) is 0 Å². The van der Waals surface area contributed by atoms with E-state index in [0.29, 0.717) is 12.0 Å². The van der Waals surface area contributed by atoms with Gasteiger partial charge >= 0.3 is 0 Å². The van der Waals surface area contributed by atoms with Gasteiger partial charge in [0.2, 0.25) is 0 Å². The molecule has 0 spiro atoms. The summed E-state index contributed by atoms with van der Waals surface area (Å²) < 4.78 is 23.7. The fraction of sp³-hybridized carbons (Fsp3) is 0.286. The molecule has 0 atom stereocenters. The van der Waals surface area contributed by atoms with E-state index in [1.165, 1.54) is 0 Å². The molecule has 0 saturated carbocycles. The molecule has 1 aromatic carbocycles. The molecule has 0 unspecified atom stereocenters. The summed E-state index contributed by atoms with van der Waals surface area (Å²) in [6.07, 6.45) is 1.72. The molecular formula is C14H15NO4S. The van der Waals surface area contributed by atoms with E-state index in [0.717, 1.165) is 6.21 Å². The summed E-state index contributed by atoms with van der Waals surface area (Å²) in [5, 5.41) is 9.44. The average molecular weight is 293 g/mol. The van der Waals surface area contributed by atoms with Crippen molar-refractivity contribution in [3.63, 3.8) is 0 Å². The molecule has 0 saturated heterocycles. The second-order valence-corrected chi connectivity index (χ2v) is 6.63. The van der Waals surface area contributed by atoms with Crippen LogP contribution in [0.1, 0.15) is 18.4 Å². The Morgan fingerprint density at radius 3 is 2.50 bits per heavy atom. The van der Waals surface area contributed by atoms with Crippen LogP contribution in [0.15, 0.2) is 46.7 Å². The first kappa shape index (κ1) is 14.5. The van der Waals surface area contributed by atoms with Crippen LogP contribution in [-0.4, -0.2) is 31.4 Å². The first-order valence-corrected chi connectivity index (χ1v) is 7.99. The van der Waals surface area contributed by atoms with Crippen molar-refractivity contribution in [3.8, 4) is 0 Å². The molecule has 6 heteroatoms. The van der Waals surface area contributed by atoms with Gasteiger partial charge in [0, 0.05) is 19.1 Å². The Labute approximate surface area is 117 Å². The molecule has 0 fully saturated rings. The molecule has 0 radical (unpaired) electrons. The Kier molecular flexibility index (Phi) is 4.34. The molecule has 1 aliphatic rings. The third-order valence-electron chi connectivity index (χ3n) is 2.92. The molecule has 106 valence electrons. The normalized spacial score (nSPS) is 16.3. The molecule has 1 aliphatic carbocycles. The Morgan fingerprint density at radius 1 is 1.20 bits per heavy atom. The van der Waals surface area contributed by atoms with Gasteiger partial charge in [-0.25, -0.2) is 8.42 Å². The van der Waals surface area contributed by atoms with Crippen LogP contribution in [0.3, 0.4) is 0 Å². The van der Waals surface area contributed by atoms with Crippen molar-refractivity contribution in [1.82, 2.24) is 0 Å². The molecule has 2 rings (SSSR count). The van der Waals surface area contributed by atoms with Crippen molar-refractivity contribution in [2.45, 2.75) is 18.6 Å². The first-order valence-electron chi connectivity index (χ1n) is 6.17. The molecule has 1 aromatic rings. The second kappa shape index (κ2) is 6.00. The fourth-order valence-corrected chi connectivity index (χ4v) is 3.02. The van der Waals surface area contributed by atoms with Gasteiger partial charge in [0.15, 0.2) is 15.6 Å². The first-order chi connectivity index (χ1) is 9.48. The SMILES string of the molecule is O=C1CCC(O)=C1/C=N/CS(=O)(=O)Cc1ccccc1. The fourth-order valence-electron chi connectivity index (χ4n) is 1.92. The Bertz CT molecular complexity index is 660. The lowest BCUT2D eigenvalue weighted by Gasteiger charge is -2.01. The molecule has 20 heavy (non-hydrogen) atoms. The molecule has 5 nitrogen and oxygen atoms in total. The Morgan fingerprint density at radius 2 is 1.90 bits per heavy atom. The summed E-state index contributed by atoms with van der Waals surface area (Å²) >= 11 is 0. The Balaban J connectivity index is 2.00. The predicted molar refractivity (Wildman–Crippen MR) is 76.3 cm³/mol. The van der Waals surface area contributed by atoms with Gasteiger partial charge in [-0.2, -0.15) is 0 Å². The molecule has 0 amide bonds. The number of hydrogen-bond donors (Lipinski definition) is 1. The maximum Gasteiger partial charge on any atom is 0.174 e. The van der Waals surface area contributed by atoms with Gasteiger partial charge < -0.3 is 5.11 Å². The molecule has 0 aliphatic heterocycles. The van der Waals surface area contributed by atoms with Crippen molar-refractivity contribution in [2.75, 3.05) is 5.88 Å². The van der Waals surface area contributed by atoms with E-state index in [9.17, 15) is 18.3 Å². The topological polar surface area (TPSA) is 83.8 Å². The van der Waals surface area contributed by atoms with Crippen LogP contribution in [-0.2, 0) is 20.4 Å². The number of carbonyl (C=O) groups is 1. The number of allylic oxidation sites excluding steroid dienone is 2. The van der Waals surface area contributed by atoms with Crippen molar-refractivity contribution in [1.29, 1.82) is 0 Å². The number of aliphatic imine (C=N–C) groups is 1. The van der Waals surface area contributed by atoms with E-state index in [2.05, 4.69) is 4.99 Å². The number of nitrogens with zero attached hydrogens (tertiary/aromatic N) is 1. The van der Waals surface area contributed by atoms with Crippen molar-refractivity contribution < 1.29 is 18.3 Å². The third kappa shape index (κ3) is 3.77. The highest BCUT2D eigenvalue weighted by atomic mass is 32.2. The molecule has 0 heterocycles. The number of carbonyl (C=O) groups excluding carboxylic acids is 1. The van der Waals surface area contributed by atoms with Gasteiger partial charge in [-0.05, 0) is 5.56 Å². The number of sulfone groups is 1. The molecular weight excluding hydrogens is 278 g/mol. The van der Waals surface area contributed by atoms with Crippen LogP contribution in [0.4, 0.5) is 0 Å². The summed E-state index contributed by atoms with van der Waals surface area (Å²) in [5.41, 5.74) is 0.821. The lowest BCUT2D eigenvalue weighted by Crippen LogP contribution is -2.08. The number of rotatable bonds is 5. The summed E-state index contributed by atoms with van der Waals surface area (Å²) in [6.45, 7) is 0. The predicted octanol–water partition coefficient (Wildman–Crippen LogP) is 1.80. The van der Waals surface area contributed by atoms with Gasteiger partial charge in [0.05, 0.1) is 11.3 Å². The lowest BCUT2D eigenvalue weighted by atomic mass is 10.2. The summed E-state index contributed by atoms with van der Waals surface area (Å²) in [7, 11) is -3.37. The van der Waals surface area contributed by atoms with Crippen LogP contribution in [0.25, 0.3) is 0 Å². The van der Waals surface area contributed by atoms with E-state index in [1.807, 2.05) is 6.07 Å². The third-order valence-corrected chi connectivity index (χ3v) is 4.24. The quantitative estimate of drug-likeness (QED) is 0.839. The zero-order valence-corrected chi connectivity index (χ0v) is 11.6. The van der Waals surface area contributed by atoms with E-state index < -0.39 is 15.7 Å². The number of hydrogen-bond acceptors (Lipinski definition) is 5. The van der Waals surface area contributed by atoms with Crippen LogP contribution < -0.4 is 0 Å². The highest BCUT2D eigenvalue weighted by Gasteiger charge is 2.21. The molecule has 1 N–H and O–H groups in total. The van der Waals surface area contributed by atoms with E-state index >= 15 is 0 Å².